The molecule has 0 bridgehead atoms. The minimum absolute atomic E-state index is 0.302. The molecule has 0 aliphatic heterocycles. The predicted molar refractivity (Wildman–Crippen MR) is 109 cm³/mol. The van der Waals surface area contributed by atoms with Crippen LogP contribution < -0.4 is 0 Å². The van der Waals surface area contributed by atoms with Gasteiger partial charge in [0, 0.05) is 29.5 Å². The Balaban J connectivity index is 1.78. The number of carbonyl (C=O) groups is 1. The van der Waals surface area contributed by atoms with Crippen LogP contribution in [0.3, 0.4) is 0 Å². The minimum atomic E-state index is -0.926. The summed E-state index contributed by atoms with van der Waals surface area (Å²) in [6.45, 7) is 0.641. The van der Waals surface area contributed by atoms with Gasteiger partial charge in [0.1, 0.15) is 5.01 Å². The number of aromatic nitrogens is 3. The van der Waals surface area contributed by atoms with Crippen LogP contribution in [0.5, 0.6) is 0 Å². The van der Waals surface area contributed by atoms with E-state index >= 15 is 0 Å². The van der Waals surface area contributed by atoms with Gasteiger partial charge in [-0.25, -0.2) is 14.8 Å². The molecular weight excluding hydrogens is 378 g/mol. The molecule has 0 radical (unpaired) electrons. The highest BCUT2D eigenvalue weighted by molar-refractivity contribution is 7.10. The first-order valence-electron chi connectivity index (χ1n) is 8.17. The average Bonchev–Trinajstić information content (AvgIpc) is 3.43. The number of hydrogen-bond donors (Lipinski definition) is 1. The van der Waals surface area contributed by atoms with Crippen LogP contribution in [0, 0.1) is 0 Å². The van der Waals surface area contributed by atoms with Crippen molar-refractivity contribution in [3.63, 3.8) is 0 Å². The van der Waals surface area contributed by atoms with Gasteiger partial charge in [-0.2, -0.15) is 11.3 Å². The van der Waals surface area contributed by atoms with Gasteiger partial charge >= 0.3 is 5.97 Å². The zero-order valence-corrected chi connectivity index (χ0v) is 15.8. The molecule has 0 saturated heterocycles. The maximum absolute atomic E-state index is 11.6. The average molecular weight is 393 g/mol. The smallest absolute Gasteiger partial charge is 0.336 e. The molecule has 0 amide bonds. The van der Waals surface area contributed by atoms with Crippen LogP contribution in [-0.2, 0) is 6.54 Å². The van der Waals surface area contributed by atoms with Gasteiger partial charge in [-0.1, -0.05) is 6.07 Å². The Labute approximate surface area is 163 Å². The summed E-state index contributed by atoms with van der Waals surface area (Å²) in [5, 5.41) is 16.3. The first kappa shape index (κ1) is 17.4. The molecule has 3 heterocycles. The van der Waals surface area contributed by atoms with Crippen LogP contribution in [0.25, 0.3) is 22.8 Å². The van der Waals surface area contributed by atoms with E-state index in [0.29, 0.717) is 12.1 Å². The molecule has 0 atom stereocenters. The van der Waals surface area contributed by atoms with Gasteiger partial charge in [0.05, 0.1) is 18.4 Å². The summed E-state index contributed by atoms with van der Waals surface area (Å²) in [5.74, 6) is -0.926. The quantitative estimate of drug-likeness (QED) is 0.500. The van der Waals surface area contributed by atoms with Crippen LogP contribution in [0.15, 0.2) is 65.3 Å². The third kappa shape index (κ3) is 3.89. The lowest BCUT2D eigenvalue weighted by Gasteiger charge is -2.09. The molecular formula is C20H15N3O2S2. The lowest BCUT2D eigenvalue weighted by atomic mass is 9.98. The molecule has 0 aliphatic carbocycles. The minimum Gasteiger partial charge on any atom is -0.478 e. The maximum Gasteiger partial charge on any atom is 0.336 e. The van der Waals surface area contributed by atoms with E-state index in [1.165, 1.54) is 0 Å². The van der Waals surface area contributed by atoms with Crippen molar-refractivity contribution in [2.75, 3.05) is 0 Å². The van der Waals surface area contributed by atoms with Gasteiger partial charge in [-0.05, 0) is 51.7 Å². The number of carboxylic acids is 1. The Hall–Kier alpha value is -3.03. The van der Waals surface area contributed by atoms with Crippen LogP contribution in [-0.4, -0.2) is 25.6 Å². The highest BCUT2D eigenvalue weighted by atomic mass is 32.1. The zero-order valence-electron chi connectivity index (χ0n) is 14.1. The first-order valence-corrected chi connectivity index (χ1v) is 9.99. The molecule has 134 valence electrons. The van der Waals surface area contributed by atoms with Crippen molar-refractivity contribution >= 4 is 40.3 Å². The van der Waals surface area contributed by atoms with Gasteiger partial charge in [-0.3, -0.25) is 0 Å². The predicted octanol–water partition coefficient (Wildman–Crippen LogP) is 5.01. The summed E-state index contributed by atoms with van der Waals surface area (Å²) in [4.78, 5) is 20.2. The van der Waals surface area contributed by atoms with Crippen LogP contribution in [0.2, 0.25) is 0 Å². The summed E-state index contributed by atoms with van der Waals surface area (Å²) >= 11 is 3.12. The summed E-state index contributed by atoms with van der Waals surface area (Å²) in [6, 6.07) is 7.36. The molecule has 1 aromatic carbocycles. The number of thiophene rings is 1. The van der Waals surface area contributed by atoms with Gasteiger partial charge in [-0.15, -0.1) is 11.3 Å². The van der Waals surface area contributed by atoms with Crippen LogP contribution in [0.1, 0.15) is 20.9 Å². The third-order valence-corrected chi connectivity index (χ3v) is 5.60. The fraction of sp³-hybridized carbons (Fsp3) is 0.0500. The molecule has 4 rings (SSSR count). The van der Waals surface area contributed by atoms with Crippen molar-refractivity contribution in [2.24, 2.45) is 0 Å². The molecule has 0 aliphatic rings. The van der Waals surface area contributed by atoms with E-state index in [2.05, 4.69) is 16.0 Å². The Morgan fingerprint density at radius 3 is 2.81 bits per heavy atom. The summed E-state index contributed by atoms with van der Waals surface area (Å²) in [5.41, 5.74) is 3.92. The number of allylic oxidation sites excluding steroid dienone is 1. The van der Waals surface area contributed by atoms with Crippen LogP contribution in [0.4, 0.5) is 0 Å². The second-order valence-electron chi connectivity index (χ2n) is 5.86. The number of nitrogens with zero attached hydrogens (tertiary/aromatic N) is 3. The number of hydrogen-bond acceptors (Lipinski definition) is 5. The Bertz CT molecular complexity index is 1070. The fourth-order valence-electron chi connectivity index (χ4n) is 2.83. The summed E-state index contributed by atoms with van der Waals surface area (Å²) in [6.07, 6.45) is 9.26. The van der Waals surface area contributed by atoms with Crippen molar-refractivity contribution in [3.05, 3.63) is 81.5 Å². The number of aromatic carboxylic acids is 1. The molecule has 0 fully saturated rings. The van der Waals surface area contributed by atoms with Crippen molar-refractivity contribution in [1.29, 1.82) is 0 Å². The fourth-order valence-corrected chi connectivity index (χ4v) is 4.13. The topological polar surface area (TPSA) is 68.0 Å². The van der Waals surface area contributed by atoms with E-state index in [1.54, 1.807) is 47.5 Å². The molecule has 5 nitrogen and oxygen atoms in total. The second-order valence-corrected chi connectivity index (χ2v) is 7.54. The number of thiazole rings is 1. The number of imidazole rings is 1. The van der Waals surface area contributed by atoms with E-state index < -0.39 is 5.97 Å². The van der Waals surface area contributed by atoms with Gasteiger partial charge in [0.25, 0.3) is 0 Å². The summed E-state index contributed by atoms with van der Waals surface area (Å²) in [7, 11) is 0. The van der Waals surface area contributed by atoms with E-state index in [0.717, 1.165) is 27.3 Å². The molecule has 0 saturated carbocycles. The number of benzene rings is 1. The van der Waals surface area contributed by atoms with Crippen LogP contribution >= 0.6 is 22.7 Å². The lowest BCUT2D eigenvalue weighted by Crippen LogP contribution is -2.00. The molecule has 1 N–H and O–H groups in total. The molecule has 27 heavy (non-hydrogen) atoms. The van der Waals surface area contributed by atoms with Crippen molar-refractivity contribution in [1.82, 2.24) is 14.5 Å². The number of rotatable bonds is 6. The van der Waals surface area contributed by atoms with E-state index in [-0.39, 0.29) is 0 Å². The molecule has 0 spiro atoms. The standard InChI is InChI=1S/C20H15N3O2S2/c24-20(25)17-2-1-14(10-18(17)15-3-7-26-12-15)9-16(19-22-5-8-27-19)11-23-6-4-21-13-23/h1-10,12-13H,11H2,(H,24,25)/b16-9+. The SMILES string of the molecule is O=C(O)c1ccc(/C=C(\Cn2ccnc2)c2nccs2)cc1-c1ccsc1. The van der Waals surface area contributed by atoms with E-state index in [1.807, 2.05) is 45.1 Å². The lowest BCUT2D eigenvalue weighted by molar-refractivity contribution is 0.0697. The molecule has 3 aromatic heterocycles. The molecule has 4 aromatic rings. The summed E-state index contributed by atoms with van der Waals surface area (Å²) < 4.78 is 1.98. The number of carboxylic acid groups (broad SMARTS) is 1. The zero-order chi connectivity index (χ0) is 18.6. The molecule has 0 unspecified atom stereocenters. The van der Waals surface area contributed by atoms with Crippen molar-refractivity contribution in [3.8, 4) is 11.1 Å². The highest BCUT2D eigenvalue weighted by Crippen LogP contribution is 2.29. The van der Waals surface area contributed by atoms with E-state index in [9.17, 15) is 9.90 Å². The third-order valence-electron chi connectivity index (χ3n) is 4.07. The Kier molecular flexibility index (Phi) is 4.95. The normalized spacial score (nSPS) is 11.6. The van der Waals surface area contributed by atoms with Crippen molar-refractivity contribution < 1.29 is 9.90 Å². The Morgan fingerprint density at radius 2 is 2.15 bits per heavy atom. The maximum atomic E-state index is 11.6. The van der Waals surface area contributed by atoms with Crippen molar-refractivity contribution in [2.45, 2.75) is 6.54 Å². The Morgan fingerprint density at radius 1 is 1.22 bits per heavy atom. The van der Waals surface area contributed by atoms with Gasteiger partial charge in [0.2, 0.25) is 0 Å². The van der Waals surface area contributed by atoms with Gasteiger partial charge in [0.15, 0.2) is 0 Å². The second kappa shape index (κ2) is 7.69. The monoisotopic (exact) mass is 393 g/mol. The largest absolute Gasteiger partial charge is 0.478 e. The highest BCUT2D eigenvalue weighted by Gasteiger charge is 2.13. The first-order chi connectivity index (χ1) is 13.2. The molecule has 7 heteroatoms. The van der Waals surface area contributed by atoms with Gasteiger partial charge < -0.3 is 9.67 Å². The van der Waals surface area contributed by atoms with E-state index in [4.69, 9.17) is 0 Å².